The van der Waals surface area contributed by atoms with Gasteiger partial charge in [0, 0.05) is 12.1 Å². The Balaban J connectivity index is 1.68. The van der Waals surface area contributed by atoms with Gasteiger partial charge in [-0.25, -0.2) is 0 Å². The van der Waals surface area contributed by atoms with E-state index in [9.17, 15) is 9.59 Å². The maximum absolute atomic E-state index is 12.8. The fourth-order valence-electron chi connectivity index (χ4n) is 3.94. The number of hydrogen-bond acceptors (Lipinski definition) is 4. The van der Waals surface area contributed by atoms with E-state index in [0.29, 0.717) is 23.6 Å². The van der Waals surface area contributed by atoms with Crippen LogP contribution in [0.3, 0.4) is 0 Å². The molecule has 2 amide bonds. The maximum atomic E-state index is 12.8. The largest absolute Gasteiger partial charge is 0.493 e. The highest BCUT2D eigenvalue weighted by Gasteiger charge is 2.30. The van der Waals surface area contributed by atoms with Crippen LogP contribution < -0.4 is 14.8 Å². The van der Waals surface area contributed by atoms with E-state index in [1.807, 2.05) is 55.1 Å². The Hall–Kier alpha value is -3.02. The topological polar surface area (TPSA) is 67.9 Å². The Bertz CT molecular complexity index is 889. The van der Waals surface area contributed by atoms with Gasteiger partial charge in [0.15, 0.2) is 11.5 Å². The molecular weight excluding hydrogens is 368 g/mol. The zero-order valence-electron chi connectivity index (χ0n) is 17.5. The Labute approximate surface area is 171 Å². The SMILES string of the molecule is COc1ccc(C2CCCN2C(=O)CNC(=O)c2cc(C)cc(C)c2)cc1OC. The molecule has 6 nitrogen and oxygen atoms in total. The van der Waals surface area contributed by atoms with Crippen LogP contribution in [0.4, 0.5) is 0 Å². The number of aryl methyl sites for hydroxylation is 2. The number of nitrogens with one attached hydrogen (secondary N) is 1. The standard InChI is InChI=1S/C23H28N2O4/c1-15-10-16(2)12-18(11-15)23(27)24-14-22(26)25-9-5-6-19(25)17-7-8-20(28-3)21(13-17)29-4/h7-8,10-13,19H,5-6,9,14H2,1-4H3,(H,24,27). The molecule has 154 valence electrons. The van der Waals surface area contributed by atoms with Crippen LogP contribution in [-0.2, 0) is 4.79 Å². The van der Waals surface area contributed by atoms with Crippen molar-refractivity contribution >= 4 is 11.8 Å². The summed E-state index contributed by atoms with van der Waals surface area (Å²) in [7, 11) is 3.20. The molecule has 1 atom stereocenters. The van der Waals surface area contributed by atoms with E-state index in [-0.39, 0.29) is 24.4 Å². The van der Waals surface area contributed by atoms with E-state index in [2.05, 4.69) is 5.32 Å². The average Bonchev–Trinajstić information content (AvgIpc) is 3.20. The predicted molar refractivity (Wildman–Crippen MR) is 111 cm³/mol. The molecule has 2 aromatic rings. The Morgan fingerprint density at radius 3 is 2.38 bits per heavy atom. The molecule has 0 aliphatic carbocycles. The number of likely N-dealkylation sites (tertiary alicyclic amines) is 1. The molecular formula is C23H28N2O4. The molecule has 1 fully saturated rings. The minimum absolute atomic E-state index is 0.0182. The van der Waals surface area contributed by atoms with E-state index in [0.717, 1.165) is 29.5 Å². The molecule has 2 aromatic carbocycles. The molecule has 1 unspecified atom stereocenters. The van der Waals surface area contributed by atoms with Crippen LogP contribution in [0.5, 0.6) is 11.5 Å². The van der Waals surface area contributed by atoms with Gasteiger partial charge in [0.25, 0.3) is 5.91 Å². The quantitative estimate of drug-likeness (QED) is 0.813. The Kier molecular flexibility index (Phi) is 6.42. The molecule has 1 aliphatic heterocycles. The van der Waals surface area contributed by atoms with Gasteiger partial charge in [0.2, 0.25) is 5.91 Å². The molecule has 1 heterocycles. The molecule has 0 aromatic heterocycles. The Morgan fingerprint density at radius 1 is 1.03 bits per heavy atom. The van der Waals surface area contributed by atoms with Crippen LogP contribution in [0.25, 0.3) is 0 Å². The van der Waals surface area contributed by atoms with Crippen molar-refractivity contribution in [3.63, 3.8) is 0 Å². The smallest absolute Gasteiger partial charge is 0.251 e. The van der Waals surface area contributed by atoms with Crippen LogP contribution in [0.1, 0.15) is 45.9 Å². The minimum Gasteiger partial charge on any atom is -0.493 e. The lowest BCUT2D eigenvalue weighted by molar-refractivity contribution is -0.131. The summed E-state index contributed by atoms with van der Waals surface area (Å²) in [5.41, 5.74) is 3.63. The molecule has 1 N–H and O–H groups in total. The van der Waals surface area contributed by atoms with Crippen LogP contribution in [0.2, 0.25) is 0 Å². The van der Waals surface area contributed by atoms with Gasteiger partial charge in [0.05, 0.1) is 26.8 Å². The van der Waals surface area contributed by atoms with Gasteiger partial charge in [-0.05, 0) is 56.5 Å². The number of rotatable bonds is 6. The van der Waals surface area contributed by atoms with Gasteiger partial charge in [-0.3, -0.25) is 9.59 Å². The van der Waals surface area contributed by atoms with E-state index >= 15 is 0 Å². The molecule has 1 saturated heterocycles. The molecule has 3 rings (SSSR count). The molecule has 1 aliphatic rings. The van der Waals surface area contributed by atoms with Crippen molar-refractivity contribution in [3.8, 4) is 11.5 Å². The third-order valence-electron chi connectivity index (χ3n) is 5.25. The van der Waals surface area contributed by atoms with Gasteiger partial charge in [-0.1, -0.05) is 23.3 Å². The zero-order valence-corrected chi connectivity index (χ0v) is 17.5. The summed E-state index contributed by atoms with van der Waals surface area (Å²) in [4.78, 5) is 27.1. The van der Waals surface area contributed by atoms with Crippen molar-refractivity contribution in [2.24, 2.45) is 0 Å². The number of carbonyl (C=O) groups excluding carboxylic acids is 2. The number of hydrogen-bond donors (Lipinski definition) is 1. The Morgan fingerprint density at radius 2 is 1.72 bits per heavy atom. The summed E-state index contributed by atoms with van der Waals surface area (Å²) in [5, 5.41) is 2.77. The molecule has 6 heteroatoms. The van der Waals surface area contributed by atoms with Crippen molar-refractivity contribution < 1.29 is 19.1 Å². The zero-order chi connectivity index (χ0) is 21.0. The van der Waals surface area contributed by atoms with Crippen LogP contribution in [0, 0.1) is 13.8 Å². The van der Waals surface area contributed by atoms with Crippen molar-refractivity contribution in [2.75, 3.05) is 27.3 Å². The second-order valence-corrected chi connectivity index (χ2v) is 7.42. The van der Waals surface area contributed by atoms with Gasteiger partial charge in [-0.15, -0.1) is 0 Å². The van der Waals surface area contributed by atoms with Crippen molar-refractivity contribution in [3.05, 3.63) is 58.7 Å². The lowest BCUT2D eigenvalue weighted by Gasteiger charge is -2.26. The first kappa shape index (κ1) is 20.7. The number of nitrogens with zero attached hydrogens (tertiary/aromatic N) is 1. The summed E-state index contributed by atoms with van der Waals surface area (Å²) in [6.07, 6.45) is 1.81. The predicted octanol–water partition coefficient (Wildman–Crippen LogP) is 3.41. The molecule has 0 spiro atoms. The van der Waals surface area contributed by atoms with Gasteiger partial charge >= 0.3 is 0 Å². The van der Waals surface area contributed by atoms with Crippen LogP contribution in [-0.4, -0.2) is 44.0 Å². The lowest BCUT2D eigenvalue weighted by Crippen LogP contribution is -2.39. The third kappa shape index (κ3) is 4.70. The van der Waals surface area contributed by atoms with Crippen LogP contribution >= 0.6 is 0 Å². The summed E-state index contributed by atoms with van der Waals surface area (Å²) in [5.74, 6) is 0.993. The number of benzene rings is 2. The summed E-state index contributed by atoms with van der Waals surface area (Å²) in [6, 6.07) is 11.4. The summed E-state index contributed by atoms with van der Waals surface area (Å²) in [6.45, 7) is 4.56. The second-order valence-electron chi connectivity index (χ2n) is 7.42. The van der Waals surface area contributed by atoms with Crippen LogP contribution in [0.15, 0.2) is 36.4 Å². The van der Waals surface area contributed by atoms with E-state index < -0.39 is 0 Å². The fourth-order valence-corrected chi connectivity index (χ4v) is 3.94. The van der Waals surface area contributed by atoms with E-state index in [1.54, 1.807) is 14.2 Å². The van der Waals surface area contributed by atoms with E-state index in [1.165, 1.54) is 0 Å². The minimum atomic E-state index is -0.230. The first-order chi connectivity index (χ1) is 13.9. The summed E-state index contributed by atoms with van der Waals surface area (Å²) >= 11 is 0. The number of methoxy groups -OCH3 is 2. The number of amides is 2. The highest BCUT2D eigenvalue weighted by molar-refractivity contribution is 5.96. The molecule has 29 heavy (non-hydrogen) atoms. The highest BCUT2D eigenvalue weighted by atomic mass is 16.5. The first-order valence-corrected chi connectivity index (χ1v) is 9.81. The second kappa shape index (κ2) is 8.99. The van der Waals surface area contributed by atoms with Crippen molar-refractivity contribution in [1.29, 1.82) is 0 Å². The first-order valence-electron chi connectivity index (χ1n) is 9.81. The number of carbonyl (C=O) groups is 2. The van der Waals surface area contributed by atoms with Gasteiger partial charge in [-0.2, -0.15) is 0 Å². The fraction of sp³-hybridized carbons (Fsp3) is 0.391. The molecule has 0 radical (unpaired) electrons. The molecule has 0 saturated carbocycles. The lowest BCUT2D eigenvalue weighted by atomic mass is 10.0. The number of ether oxygens (including phenoxy) is 2. The third-order valence-corrected chi connectivity index (χ3v) is 5.25. The van der Waals surface area contributed by atoms with Crippen molar-refractivity contribution in [2.45, 2.75) is 32.7 Å². The van der Waals surface area contributed by atoms with Gasteiger partial charge < -0.3 is 19.7 Å². The average molecular weight is 396 g/mol. The summed E-state index contributed by atoms with van der Waals surface area (Å²) < 4.78 is 10.7. The van der Waals surface area contributed by atoms with E-state index in [4.69, 9.17) is 9.47 Å². The van der Waals surface area contributed by atoms with Crippen molar-refractivity contribution in [1.82, 2.24) is 10.2 Å². The highest BCUT2D eigenvalue weighted by Crippen LogP contribution is 2.36. The monoisotopic (exact) mass is 396 g/mol. The molecule has 0 bridgehead atoms. The van der Waals surface area contributed by atoms with Gasteiger partial charge in [0.1, 0.15) is 0 Å². The maximum Gasteiger partial charge on any atom is 0.251 e. The normalized spacial score (nSPS) is 15.9.